The van der Waals surface area contributed by atoms with Crippen molar-refractivity contribution in [2.45, 2.75) is 46.1 Å². The van der Waals surface area contributed by atoms with Gasteiger partial charge in [0.15, 0.2) is 5.96 Å². The first-order valence-corrected chi connectivity index (χ1v) is 10.5. The summed E-state index contributed by atoms with van der Waals surface area (Å²) in [5.74, 6) is 0.821. The quantitative estimate of drug-likeness (QED) is 0.575. The van der Waals surface area contributed by atoms with E-state index in [0.29, 0.717) is 32.3 Å². The van der Waals surface area contributed by atoms with Gasteiger partial charge < -0.3 is 24.7 Å². The van der Waals surface area contributed by atoms with E-state index in [-0.39, 0.29) is 6.09 Å². The molecule has 1 aliphatic heterocycles. The maximum atomic E-state index is 11.8. The molecule has 8 nitrogen and oxygen atoms in total. The van der Waals surface area contributed by atoms with Gasteiger partial charge in [-0.15, -0.1) is 0 Å². The van der Waals surface area contributed by atoms with Gasteiger partial charge in [0, 0.05) is 51.0 Å². The van der Waals surface area contributed by atoms with Crippen molar-refractivity contribution >= 4 is 17.7 Å². The number of nitrogens with one attached hydrogen (secondary N) is 2. The molecule has 2 aromatic rings. The normalized spacial score (nSPS) is 15.6. The Morgan fingerprint density at radius 1 is 1.34 bits per heavy atom. The third kappa shape index (κ3) is 5.62. The second kappa shape index (κ2) is 10.1. The highest BCUT2D eigenvalue weighted by Crippen LogP contribution is 2.12. The van der Waals surface area contributed by atoms with Crippen LogP contribution in [0.5, 0.6) is 0 Å². The van der Waals surface area contributed by atoms with Gasteiger partial charge in [0.2, 0.25) is 0 Å². The van der Waals surface area contributed by atoms with Crippen molar-refractivity contribution in [2.24, 2.45) is 4.99 Å². The second-order valence-corrected chi connectivity index (χ2v) is 7.27. The number of aryl methyl sites for hydroxylation is 1. The van der Waals surface area contributed by atoms with Crippen LogP contribution in [0.25, 0.3) is 5.65 Å². The topological polar surface area (TPSA) is 83.3 Å². The monoisotopic (exact) mass is 400 g/mol. The number of pyridine rings is 1. The van der Waals surface area contributed by atoms with Crippen LogP contribution < -0.4 is 10.6 Å². The predicted octanol–water partition coefficient (Wildman–Crippen LogP) is 2.36. The number of rotatable bonds is 6. The maximum absolute atomic E-state index is 11.8. The summed E-state index contributed by atoms with van der Waals surface area (Å²) >= 11 is 0. The molecule has 0 atom stereocenters. The lowest BCUT2D eigenvalue weighted by atomic mass is 10.1. The highest BCUT2D eigenvalue weighted by Gasteiger charge is 2.24. The number of amides is 1. The Morgan fingerprint density at radius 3 is 2.83 bits per heavy atom. The number of carbonyl (C=O) groups is 1. The Balaban J connectivity index is 1.52. The van der Waals surface area contributed by atoms with Crippen molar-refractivity contribution < 1.29 is 9.53 Å². The molecule has 0 radical (unpaired) electrons. The van der Waals surface area contributed by atoms with E-state index in [0.717, 1.165) is 43.1 Å². The van der Waals surface area contributed by atoms with Crippen molar-refractivity contribution in [3.8, 4) is 0 Å². The molecule has 2 aromatic heterocycles. The van der Waals surface area contributed by atoms with Gasteiger partial charge in [0.1, 0.15) is 5.65 Å². The summed E-state index contributed by atoms with van der Waals surface area (Å²) in [6.07, 6.45) is 6.44. The summed E-state index contributed by atoms with van der Waals surface area (Å²) < 4.78 is 7.15. The number of guanidine groups is 1. The smallest absolute Gasteiger partial charge is 0.409 e. The Morgan fingerprint density at radius 2 is 2.14 bits per heavy atom. The van der Waals surface area contributed by atoms with Gasteiger partial charge in [-0.3, -0.25) is 4.99 Å². The largest absolute Gasteiger partial charge is 0.450 e. The molecule has 0 saturated carbocycles. The maximum Gasteiger partial charge on any atom is 0.409 e. The van der Waals surface area contributed by atoms with Crippen LogP contribution >= 0.6 is 0 Å². The average Bonchev–Trinajstić information content (AvgIpc) is 3.13. The summed E-state index contributed by atoms with van der Waals surface area (Å²) in [5.41, 5.74) is 3.22. The Bertz CT molecular complexity index is 839. The second-order valence-electron chi connectivity index (χ2n) is 7.27. The summed E-state index contributed by atoms with van der Waals surface area (Å²) in [6.45, 7) is 9.27. The van der Waals surface area contributed by atoms with E-state index in [2.05, 4.69) is 41.1 Å². The highest BCUT2D eigenvalue weighted by atomic mass is 16.6. The van der Waals surface area contributed by atoms with Gasteiger partial charge in [-0.25, -0.2) is 9.78 Å². The average molecular weight is 401 g/mol. The third-order valence-corrected chi connectivity index (χ3v) is 5.07. The van der Waals surface area contributed by atoms with Crippen molar-refractivity contribution in [3.63, 3.8) is 0 Å². The van der Waals surface area contributed by atoms with Crippen LogP contribution in [0.3, 0.4) is 0 Å². The van der Waals surface area contributed by atoms with E-state index in [1.165, 1.54) is 5.56 Å². The summed E-state index contributed by atoms with van der Waals surface area (Å²) in [5, 5.41) is 6.82. The molecule has 29 heavy (non-hydrogen) atoms. The van der Waals surface area contributed by atoms with Crippen molar-refractivity contribution in [2.75, 3.05) is 32.8 Å². The predicted molar refractivity (Wildman–Crippen MR) is 114 cm³/mol. The Labute approximate surface area is 172 Å². The number of fused-ring (bicyclic) bond motifs is 1. The molecule has 0 aromatic carbocycles. The van der Waals surface area contributed by atoms with E-state index < -0.39 is 0 Å². The fourth-order valence-electron chi connectivity index (χ4n) is 3.54. The van der Waals surface area contributed by atoms with Crippen LogP contribution in [0.4, 0.5) is 4.79 Å². The summed E-state index contributed by atoms with van der Waals surface area (Å²) in [4.78, 5) is 23.0. The van der Waals surface area contributed by atoms with Crippen LogP contribution in [-0.4, -0.2) is 65.2 Å². The van der Waals surface area contributed by atoms with E-state index >= 15 is 0 Å². The van der Waals surface area contributed by atoms with Gasteiger partial charge in [-0.05, 0) is 45.2 Å². The molecule has 3 rings (SSSR count). The number of imidazole rings is 1. The van der Waals surface area contributed by atoms with Crippen LogP contribution in [0, 0.1) is 6.92 Å². The van der Waals surface area contributed by atoms with Gasteiger partial charge >= 0.3 is 6.09 Å². The molecule has 1 amide bonds. The number of hydrogen-bond donors (Lipinski definition) is 2. The molecule has 158 valence electrons. The molecule has 0 unspecified atom stereocenters. The molecule has 3 heterocycles. The number of ether oxygens (including phenoxy) is 1. The van der Waals surface area contributed by atoms with Crippen molar-refractivity contribution in [3.05, 3.63) is 35.8 Å². The van der Waals surface area contributed by atoms with Crippen molar-refractivity contribution in [1.29, 1.82) is 0 Å². The number of likely N-dealkylation sites (tertiary alicyclic amines) is 1. The number of hydrogen-bond acceptors (Lipinski definition) is 4. The lowest BCUT2D eigenvalue weighted by Gasteiger charge is -2.32. The fourth-order valence-corrected chi connectivity index (χ4v) is 3.54. The van der Waals surface area contributed by atoms with E-state index in [1.807, 2.05) is 19.2 Å². The summed E-state index contributed by atoms with van der Waals surface area (Å²) in [6, 6.07) is 4.41. The Hall–Kier alpha value is -2.77. The van der Waals surface area contributed by atoms with Crippen LogP contribution in [-0.2, 0) is 11.2 Å². The molecule has 2 N–H and O–H groups in total. The van der Waals surface area contributed by atoms with E-state index in [4.69, 9.17) is 14.7 Å². The third-order valence-electron chi connectivity index (χ3n) is 5.07. The lowest BCUT2D eigenvalue weighted by molar-refractivity contribution is 0.0963. The van der Waals surface area contributed by atoms with Gasteiger partial charge in [-0.1, -0.05) is 6.07 Å². The minimum Gasteiger partial charge on any atom is -0.450 e. The summed E-state index contributed by atoms with van der Waals surface area (Å²) in [7, 11) is 0. The minimum absolute atomic E-state index is 0.214. The molecule has 0 aliphatic carbocycles. The van der Waals surface area contributed by atoms with Crippen LogP contribution in [0.15, 0.2) is 29.5 Å². The Kier molecular flexibility index (Phi) is 7.32. The minimum atomic E-state index is -0.214. The van der Waals surface area contributed by atoms with E-state index in [1.54, 1.807) is 4.90 Å². The zero-order valence-electron chi connectivity index (χ0n) is 17.6. The first-order valence-electron chi connectivity index (χ1n) is 10.5. The fraction of sp³-hybridized carbons (Fsp3) is 0.571. The molecule has 0 spiro atoms. The lowest BCUT2D eigenvalue weighted by Crippen LogP contribution is -2.50. The van der Waals surface area contributed by atoms with Crippen LogP contribution in [0.1, 0.15) is 37.9 Å². The first kappa shape index (κ1) is 21.0. The first-order chi connectivity index (χ1) is 14.1. The molecule has 1 fully saturated rings. The van der Waals surface area contributed by atoms with Crippen molar-refractivity contribution in [1.82, 2.24) is 24.9 Å². The molecular weight excluding hydrogens is 368 g/mol. The standard InChI is InChI=1S/C21H32N6O2/c1-4-22-20(25-17-9-13-26(14-10-17)21(28)29-5-2)23-11-8-18-15-27-12-6-7-16(3)19(27)24-18/h6-7,12,15,17H,4-5,8-11,13-14H2,1-3H3,(H2,22,23,25). The molecule has 1 saturated heterocycles. The number of carbonyl (C=O) groups excluding carboxylic acids is 1. The number of piperidine rings is 1. The van der Waals surface area contributed by atoms with E-state index in [9.17, 15) is 4.79 Å². The van der Waals surface area contributed by atoms with Gasteiger partial charge in [0.05, 0.1) is 12.3 Å². The molecule has 8 heteroatoms. The highest BCUT2D eigenvalue weighted by molar-refractivity contribution is 5.80. The number of aromatic nitrogens is 2. The van der Waals surface area contributed by atoms with Gasteiger partial charge in [0.25, 0.3) is 0 Å². The SMILES string of the molecule is CCNC(=NCCc1cn2cccc(C)c2n1)NC1CCN(C(=O)OCC)CC1. The molecule has 1 aliphatic rings. The molecule has 0 bridgehead atoms. The van der Waals surface area contributed by atoms with Crippen LogP contribution in [0.2, 0.25) is 0 Å². The zero-order chi connectivity index (χ0) is 20.6. The molecular formula is C21H32N6O2. The van der Waals surface area contributed by atoms with Gasteiger partial charge in [-0.2, -0.15) is 0 Å². The number of aliphatic imine (C=N–C) groups is 1. The number of nitrogens with zero attached hydrogens (tertiary/aromatic N) is 4. The zero-order valence-corrected chi connectivity index (χ0v) is 17.6.